The standard InChI is InChI=1S/2H3O4P.2Yb/c2*1-5(2,3)4;;/h2*(H3,1,2,3,4);;/q;;2*+3/p-6. The maximum absolute atomic E-state index is 8.55. The first kappa shape index (κ1) is 24.5. The molecule has 0 unspecified atom stereocenters. The summed E-state index contributed by atoms with van der Waals surface area (Å²) >= 11 is 0. The van der Waals surface area contributed by atoms with Gasteiger partial charge in [0.15, 0.2) is 0 Å². The summed E-state index contributed by atoms with van der Waals surface area (Å²) in [5, 5.41) is 0. The Morgan fingerprint density at radius 3 is 0.583 bits per heavy atom. The minimum absolute atomic E-state index is 0. The van der Waals surface area contributed by atoms with E-state index in [0.29, 0.717) is 0 Å². The van der Waals surface area contributed by atoms with E-state index in [4.69, 9.17) is 38.5 Å². The summed E-state index contributed by atoms with van der Waals surface area (Å²) in [7, 11) is -10.8. The quantitative estimate of drug-likeness (QED) is 0.276. The van der Waals surface area contributed by atoms with Crippen LogP contribution < -0.4 is 29.4 Å². The summed E-state index contributed by atoms with van der Waals surface area (Å²) in [5.41, 5.74) is 0. The van der Waals surface area contributed by atoms with Crippen molar-refractivity contribution in [2.24, 2.45) is 0 Å². The van der Waals surface area contributed by atoms with E-state index in [2.05, 4.69) is 0 Å². The predicted octanol–water partition coefficient (Wildman–Crippen LogP) is -5.65. The van der Waals surface area contributed by atoms with Crippen molar-refractivity contribution in [3.63, 3.8) is 0 Å². The third kappa shape index (κ3) is 188. The number of hydrogen-bond donors (Lipinski definition) is 0. The molecule has 0 aliphatic carbocycles. The first-order valence-corrected chi connectivity index (χ1v) is 4.38. The minimum atomic E-state index is -5.39. The Bertz CT molecular complexity index is 127. The van der Waals surface area contributed by atoms with E-state index in [1.807, 2.05) is 0 Å². The Hall–Kier alpha value is 3.26. The van der Waals surface area contributed by atoms with Crippen molar-refractivity contribution in [2.75, 3.05) is 0 Å². The minimum Gasteiger partial charge on any atom is -0.822 e. The van der Waals surface area contributed by atoms with Crippen LogP contribution in [0.2, 0.25) is 0 Å². The molecule has 0 aliphatic heterocycles. The molecule has 8 nitrogen and oxygen atoms in total. The molecule has 0 rings (SSSR count). The molecule has 0 saturated carbocycles. The van der Waals surface area contributed by atoms with E-state index >= 15 is 0 Å². The van der Waals surface area contributed by atoms with Gasteiger partial charge in [0, 0.05) is 0 Å². The normalized spacial score (nSPS) is 9.83. The van der Waals surface area contributed by atoms with E-state index in [-0.39, 0.29) is 93.8 Å². The van der Waals surface area contributed by atoms with Gasteiger partial charge in [-0.3, -0.25) is 0 Å². The Labute approximate surface area is 145 Å². The summed E-state index contributed by atoms with van der Waals surface area (Å²) in [6.07, 6.45) is 0. The second kappa shape index (κ2) is 10.8. The first-order valence-electron chi connectivity index (χ1n) is 1.46. The van der Waals surface area contributed by atoms with Gasteiger partial charge in [-0.15, -0.1) is 0 Å². The predicted molar refractivity (Wildman–Crippen MR) is 15.2 cm³/mol. The maximum atomic E-state index is 8.55. The van der Waals surface area contributed by atoms with Crippen LogP contribution in [0.3, 0.4) is 0 Å². The zero-order valence-corrected chi connectivity index (χ0v) is 9.91. The largest absolute Gasteiger partial charge is 3.00 e. The van der Waals surface area contributed by atoms with E-state index in [0.717, 1.165) is 0 Å². The van der Waals surface area contributed by atoms with Crippen LogP contribution in [0.4, 0.5) is 0 Å². The molecular formula is O8P2Yb2. The fourth-order valence-electron chi connectivity index (χ4n) is 0. The molecule has 0 N–H and O–H groups in total. The van der Waals surface area contributed by atoms with E-state index in [1.54, 1.807) is 0 Å². The van der Waals surface area contributed by atoms with Gasteiger partial charge >= 0.3 is 93.8 Å². The van der Waals surface area contributed by atoms with Gasteiger partial charge < -0.3 is 38.5 Å². The molecule has 0 atom stereocenters. The van der Waals surface area contributed by atoms with E-state index in [1.165, 1.54) is 0 Å². The first-order chi connectivity index (χ1) is 4.00. The third-order valence-electron chi connectivity index (χ3n) is 0. The van der Waals surface area contributed by atoms with Gasteiger partial charge in [-0.1, -0.05) is 0 Å². The average molecular weight is 536 g/mol. The van der Waals surface area contributed by atoms with Crippen molar-refractivity contribution in [3.8, 4) is 0 Å². The molecule has 0 fully saturated rings. The van der Waals surface area contributed by atoms with Gasteiger partial charge in [0.2, 0.25) is 0 Å². The van der Waals surface area contributed by atoms with Gasteiger partial charge in [0.05, 0.1) is 0 Å². The van der Waals surface area contributed by atoms with Crippen LogP contribution in [0.25, 0.3) is 0 Å². The van der Waals surface area contributed by atoms with Crippen LogP contribution in [0.15, 0.2) is 0 Å². The van der Waals surface area contributed by atoms with Crippen molar-refractivity contribution < 1.29 is 132 Å². The van der Waals surface area contributed by atoms with Gasteiger partial charge in [0.25, 0.3) is 0 Å². The molecule has 0 heterocycles. The third-order valence-corrected chi connectivity index (χ3v) is 0. The monoisotopic (exact) mass is 538 g/mol. The Morgan fingerprint density at radius 2 is 0.583 bits per heavy atom. The maximum Gasteiger partial charge on any atom is 3.00 e. The van der Waals surface area contributed by atoms with Crippen molar-refractivity contribution in [1.29, 1.82) is 0 Å². The Kier molecular flexibility index (Phi) is 22.0. The van der Waals surface area contributed by atoms with Crippen LogP contribution in [0, 0.1) is 93.8 Å². The van der Waals surface area contributed by atoms with Crippen LogP contribution in [0.1, 0.15) is 0 Å². The molecule has 12 heavy (non-hydrogen) atoms. The number of phosphoric acid groups is 2. The smallest absolute Gasteiger partial charge is 0.822 e. The van der Waals surface area contributed by atoms with Crippen molar-refractivity contribution in [3.05, 3.63) is 0 Å². The molecule has 0 saturated heterocycles. The molecule has 0 aromatic rings. The van der Waals surface area contributed by atoms with Gasteiger partial charge in [-0.05, 0) is 0 Å². The molecule has 12 heteroatoms. The molecule has 0 bridgehead atoms. The fourth-order valence-corrected chi connectivity index (χ4v) is 0. The summed E-state index contributed by atoms with van der Waals surface area (Å²) < 4.78 is 17.1. The van der Waals surface area contributed by atoms with Crippen molar-refractivity contribution in [1.82, 2.24) is 0 Å². The molecule has 0 aromatic heterocycles. The second-order valence-corrected chi connectivity index (χ2v) is 2.68. The van der Waals surface area contributed by atoms with Crippen LogP contribution in [-0.2, 0) is 9.13 Å². The summed E-state index contributed by atoms with van der Waals surface area (Å²) in [5.74, 6) is 0. The molecule has 0 spiro atoms. The second-order valence-electron chi connectivity index (χ2n) is 0.894. The summed E-state index contributed by atoms with van der Waals surface area (Å²) in [6, 6.07) is 0. The molecule has 0 aromatic carbocycles. The van der Waals surface area contributed by atoms with Crippen LogP contribution in [-0.4, -0.2) is 0 Å². The summed E-state index contributed by atoms with van der Waals surface area (Å²) in [4.78, 5) is 51.3. The zero-order chi connectivity index (χ0) is 9.00. The SMILES string of the molecule is O=P([O-])([O-])[O-].O=P([O-])([O-])[O-].[Yb+3].[Yb+3]. The van der Waals surface area contributed by atoms with Gasteiger partial charge in [-0.2, -0.15) is 15.6 Å². The molecule has 86 valence electrons. The zero-order valence-electron chi connectivity index (χ0n) is 4.69. The van der Waals surface area contributed by atoms with Gasteiger partial charge in [0.1, 0.15) is 0 Å². The summed E-state index contributed by atoms with van der Waals surface area (Å²) in [6.45, 7) is 0. The van der Waals surface area contributed by atoms with Crippen LogP contribution >= 0.6 is 15.6 Å². The van der Waals surface area contributed by atoms with Gasteiger partial charge in [-0.25, -0.2) is 0 Å². The molecular weight excluding hydrogens is 536 g/mol. The number of hydrogen-bond acceptors (Lipinski definition) is 8. The topological polar surface area (TPSA) is 172 Å². The average Bonchev–Trinajstić information content (AvgIpc) is 1.12. The molecule has 2 radical (unpaired) electrons. The van der Waals surface area contributed by atoms with Crippen molar-refractivity contribution in [2.45, 2.75) is 0 Å². The van der Waals surface area contributed by atoms with E-state index in [9.17, 15) is 0 Å². The molecule has 0 amide bonds. The Balaban J connectivity index is -0.0000000457. The van der Waals surface area contributed by atoms with Crippen LogP contribution in [0.5, 0.6) is 0 Å². The van der Waals surface area contributed by atoms with E-state index < -0.39 is 15.6 Å². The fraction of sp³-hybridized carbons (Fsp3) is 0. The molecule has 0 aliphatic rings. The van der Waals surface area contributed by atoms with Crippen molar-refractivity contribution >= 4 is 15.6 Å². The Morgan fingerprint density at radius 1 is 0.583 bits per heavy atom. The number of rotatable bonds is 0.